The molecule has 1 saturated heterocycles. The fourth-order valence-corrected chi connectivity index (χ4v) is 4.61. The highest BCUT2D eigenvalue weighted by Crippen LogP contribution is 2.30. The second kappa shape index (κ2) is 6.57. The molecule has 0 spiro atoms. The van der Waals surface area contributed by atoms with Crippen molar-refractivity contribution in [3.8, 4) is 0 Å². The molecule has 2 aliphatic heterocycles. The molecule has 2 aliphatic rings. The summed E-state index contributed by atoms with van der Waals surface area (Å²) in [7, 11) is -3.16. The molecule has 0 unspecified atom stereocenters. The van der Waals surface area contributed by atoms with Gasteiger partial charge in [-0.1, -0.05) is 24.3 Å². The molecule has 2 heterocycles. The third kappa shape index (κ3) is 4.12. The van der Waals surface area contributed by atoms with Crippen LogP contribution in [0, 0.1) is 5.92 Å². The number of carbonyl (C=O) groups excluding carboxylic acids is 1. The molecule has 0 radical (unpaired) electrons. The summed E-state index contributed by atoms with van der Waals surface area (Å²) in [4.78, 5) is 12.8. The Balaban J connectivity index is 1.78. The van der Waals surface area contributed by atoms with Gasteiger partial charge in [-0.15, -0.1) is 0 Å². The van der Waals surface area contributed by atoms with Gasteiger partial charge in [-0.3, -0.25) is 4.79 Å². The largest absolute Gasteiger partial charge is 0.379 e. The Labute approximate surface area is 150 Å². The van der Waals surface area contributed by atoms with Gasteiger partial charge >= 0.3 is 0 Å². The summed E-state index contributed by atoms with van der Waals surface area (Å²) in [5.41, 5.74) is 3.11. The molecular formula is C19H26N2O3S. The van der Waals surface area contributed by atoms with Crippen LogP contribution in [-0.2, 0) is 21.2 Å². The van der Waals surface area contributed by atoms with Crippen molar-refractivity contribution in [1.82, 2.24) is 9.62 Å². The molecule has 1 N–H and O–H groups in total. The Morgan fingerprint density at radius 3 is 2.52 bits per heavy atom. The van der Waals surface area contributed by atoms with Crippen molar-refractivity contribution in [2.24, 2.45) is 5.92 Å². The Hall–Kier alpha value is -1.66. The van der Waals surface area contributed by atoms with E-state index in [2.05, 4.69) is 25.2 Å². The number of nitrogens with zero attached hydrogens (tertiary/aromatic N) is 1. The van der Waals surface area contributed by atoms with Gasteiger partial charge in [0.2, 0.25) is 10.0 Å². The Bertz CT molecular complexity index is 804. The lowest BCUT2D eigenvalue weighted by atomic mass is 9.84. The lowest BCUT2D eigenvalue weighted by Gasteiger charge is -2.36. The summed E-state index contributed by atoms with van der Waals surface area (Å²) in [6, 6.07) is 8.17. The fraction of sp³-hybridized carbons (Fsp3) is 0.526. The molecule has 0 atom stereocenters. The predicted molar refractivity (Wildman–Crippen MR) is 99.5 cm³/mol. The highest BCUT2D eigenvalue weighted by Gasteiger charge is 2.31. The summed E-state index contributed by atoms with van der Waals surface area (Å²) < 4.78 is 24.7. The third-order valence-electron chi connectivity index (χ3n) is 5.02. The van der Waals surface area contributed by atoms with E-state index in [4.69, 9.17) is 0 Å². The zero-order chi connectivity index (χ0) is 18.2. The second-order valence-corrected chi connectivity index (χ2v) is 9.72. The molecule has 0 saturated carbocycles. The number of ketones is 1. The SMILES string of the molecule is CC1(C)Cc2ccccc2/C(=C/C(=O)C2CCN(S(C)(=O)=O)CC2)N1. The lowest BCUT2D eigenvalue weighted by molar-refractivity contribution is -0.119. The van der Waals surface area contributed by atoms with Crippen molar-refractivity contribution >= 4 is 21.5 Å². The van der Waals surface area contributed by atoms with Crippen molar-refractivity contribution in [3.05, 3.63) is 41.5 Å². The van der Waals surface area contributed by atoms with Crippen LogP contribution in [0.2, 0.25) is 0 Å². The van der Waals surface area contributed by atoms with Crippen molar-refractivity contribution in [3.63, 3.8) is 0 Å². The monoisotopic (exact) mass is 362 g/mol. The Kier molecular flexibility index (Phi) is 4.77. The van der Waals surface area contributed by atoms with Crippen molar-refractivity contribution < 1.29 is 13.2 Å². The highest BCUT2D eigenvalue weighted by atomic mass is 32.2. The maximum Gasteiger partial charge on any atom is 0.211 e. The van der Waals surface area contributed by atoms with E-state index in [1.165, 1.54) is 16.1 Å². The van der Waals surface area contributed by atoms with Crippen molar-refractivity contribution in [2.75, 3.05) is 19.3 Å². The first-order valence-electron chi connectivity index (χ1n) is 8.73. The van der Waals surface area contributed by atoms with Gasteiger partial charge in [0, 0.05) is 41.9 Å². The lowest BCUT2D eigenvalue weighted by Crippen LogP contribution is -2.44. The van der Waals surface area contributed by atoms with E-state index in [-0.39, 0.29) is 17.2 Å². The molecule has 1 aromatic carbocycles. The zero-order valence-corrected chi connectivity index (χ0v) is 15.9. The van der Waals surface area contributed by atoms with Gasteiger partial charge in [-0.2, -0.15) is 0 Å². The number of nitrogens with one attached hydrogen (secondary N) is 1. The van der Waals surface area contributed by atoms with E-state index in [1.54, 1.807) is 6.08 Å². The van der Waals surface area contributed by atoms with E-state index in [0.29, 0.717) is 25.9 Å². The minimum absolute atomic E-state index is 0.0863. The van der Waals surface area contributed by atoms with Crippen LogP contribution in [0.4, 0.5) is 0 Å². The number of rotatable bonds is 3. The number of sulfonamides is 1. The first-order chi connectivity index (χ1) is 11.7. The minimum atomic E-state index is -3.16. The molecule has 25 heavy (non-hydrogen) atoms. The fourth-order valence-electron chi connectivity index (χ4n) is 3.74. The van der Waals surface area contributed by atoms with E-state index < -0.39 is 10.0 Å². The molecule has 0 aromatic heterocycles. The van der Waals surface area contributed by atoms with Gasteiger partial charge in [0.1, 0.15) is 0 Å². The summed E-state index contributed by atoms with van der Waals surface area (Å²) in [6.45, 7) is 5.11. The number of benzene rings is 1. The summed E-state index contributed by atoms with van der Waals surface area (Å²) in [5, 5.41) is 3.49. The molecule has 0 bridgehead atoms. The molecule has 3 rings (SSSR count). The van der Waals surface area contributed by atoms with Crippen molar-refractivity contribution in [2.45, 2.75) is 38.6 Å². The second-order valence-electron chi connectivity index (χ2n) is 7.74. The number of hydrogen-bond acceptors (Lipinski definition) is 4. The molecule has 5 nitrogen and oxygen atoms in total. The van der Waals surface area contributed by atoms with Gasteiger partial charge in [0.25, 0.3) is 0 Å². The van der Waals surface area contributed by atoms with Gasteiger partial charge < -0.3 is 5.32 Å². The zero-order valence-electron chi connectivity index (χ0n) is 15.1. The predicted octanol–water partition coefficient (Wildman–Crippen LogP) is 2.19. The normalized spacial score (nSPS) is 23.1. The number of piperidine rings is 1. The molecule has 6 heteroatoms. The summed E-state index contributed by atoms with van der Waals surface area (Å²) in [5.74, 6) is -0.0207. The topological polar surface area (TPSA) is 66.5 Å². The first-order valence-corrected chi connectivity index (χ1v) is 10.6. The molecule has 1 aromatic rings. The Morgan fingerprint density at radius 2 is 1.88 bits per heavy atom. The average molecular weight is 362 g/mol. The van der Waals surface area contributed by atoms with Crippen LogP contribution in [0.5, 0.6) is 0 Å². The average Bonchev–Trinajstić information content (AvgIpc) is 2.53. The van der Waals surface area contributed by atoms with E-state index in [1.807, 2.05) is 18.2 Å². The van der Waals surface area contributed by atoms with Crippen LogP contribution >= 0.6 is 0 Å². The number of hydrogen-bond donors (Lipinski definition) is 1. The number of fused-ring (bicyclic) bond motifs is 1. The smallest absolute Gasteiger partial charge is 0.211 e. The molecule has 1 fully saturated rings. The summed E-state index contributed by atoms with van der Waals surface area (Å²) in [6.07, 6.45) is 5.03. The molecule has 136 valence electrons. The van der Waals surface area contributed by atoms with Crippen molar-refractivity contribution in [1.29, 1.82) is 0 Å². The van der Waals surface area contributed by atoms with Gasteiger partial charge in [0.05, 0.1) is 6.26 Å². The van der Waals surface area contributed by atoms with Crippen LogP contribution in [-0.4, -0.2) is 43.4 Å². The molecule has 0 aliphatic carbocycles. The van der Waals surface area contributed by atoms with Gasteiger partial charge in [-0.05, 0) is 38.7 Å². The van der Waals surface area contributed by atoms with Crippen LogP contribution < -0.4 is 5.32 Å². The Morgan fingerprint density at radius 1 is 1.24 bits per heavy atom. The maximum absolute atomic E-state index is 12.8. The number of allylic oxidation sites excluding steroid dienone is 1. The van der Waals surface area contributed by atoms with Gasteiger partial charge in [-0.25, -0.2) is 12.7 Å². The highest BCUT2D eigenvalue weighted by molar-refractivity contribution is 7.88. The van der Waals surface area contributed by atoms with Crippen LogP contribution in [0.25, 0.3) is 5.70 Å². The first kappa shape index (κ1) is 18.1. The maximum atomic E-state index is 12.8. The summed E-state index contributed by atoms with van der Waals surface area (Å²) >= 11 is 0. The number of carbonyl (C=O) groups is 1. The van der Waals surface area contributed by atoms with E-state index >= 15 is 0 Å². The standard InChI is InChI=1S/C19H26N2O3S/c1-19(2)13-15-6-4-5-7-16(15)17(20-19)12-18(22)14-8-10-21(11-9-14)25(3,23)24/h4-7,12,14,20H,8-11,13H2,1-3H3/b17-12-. The third-order valence-corrected chi connectivity index (χ3v) is 6.33. The van der Waals surface area contributed by atoms with E-state index in [0.717, 1.165) is 17.7 Å². The van der Waals surface area contributed by atoms with Crippen LogP contribution in [0.1, 0.15) is 37.8 Å². The molecule has 0 amide bonds. The van der Waals surface area contributed by atoms with E-state index in [9.17, 15) is 13.2 Å². The molecular weight excluding hydrogens is 336 g/mol. The van der Waals surface area contributed by atoms with Crippen LogP contribution in [0.3, 0.4) is 0 Å². The minimum Gasteiger partial charge on any atom is -0.379 e. The van der Waals surface area contributed by atoms with Gasteiger partial charge in [0.15, 0.2) is 5.78 Å². The quantitative estimate of drug-likeness (QED) is 0.837. The van der Waals surface area contributed by atoms with Crippen LogP contribution in [0.15, 0.2) is 30.3 Å².